The summed E-state index contributed by atoms with van der Waals surface area (Å²) in [5, 5.41) is 18.4. The molecule has 0 unspecified atom stereocenters. The number of methoxy groups -OCH3 is 1. The molecule has 0 spiro atoms. The Bertz CT molecular complexity index is 1560. The lowest BCUT2D eigenvalue weighted by Crippen LogP contribution is -2.58. The van der Waals surface area contributed by atoms with Gasteiger partial charge in [0, 0.05) is 55.6 Å². The van der Waals surface area contributed by atoms with Crippen LogP contribution in [0.4, 0.5) is 19.0 Å². The Hall–Kier alpha value is -4.02. The van der Waals surface area contributed by atoms with Gasteiger partial charge in [-0.2, -0.15) is 23.5 Å². The minimum Gasteiger partial charge on any atom is -0.380 e. The number of ether oxygens (including phenoxy) is 1. The van der Waals surface area contributed by atoms with Crippen LogP contribution in [0.25, 0.3) is 22.3 Å². The highest BCUT2D eigenvalue weighted by Crippen LogP contribution is 2.45. The number of rotatable bonds is 8. The predicted molar refractivity (Wildman–Crippen MR) is 145 cm³/mol. The monoisotopic (exact) mass is 565 g/mol. The average Bonchev–Trinajstić information content (AvgIpc) is 3.61. The third-order valence-electron chi connectivity index (χ3n) is 8.22. The lowest BCUT2D eigenvalue weighted by Gasteiger charge is -2.52. The Labute approximate surface area is 234 Å². The number of aromatic amines is 1. The number of H-pyrrole nitrogens is 1. The third-order valence-corrected chi connectivity index (χ3v) is 8.22. The maximum atomic E-state index is 13.4. The number of nitrogens with one attached hydrogen (secondary N) is 2. The van der Waals surface area contributed by atoms with Crippen LogP contribution in [0, 0.1) is 11.3 Å². The van der Waals surface area contributed by atoms with Crippen LogP contribution >= 0.6 is 0 Å². The van der Waals surface area contributed by atoms with Crippen molar-refractivity contribution in [1.29, 1.82) is 5.26 Å². The van der Waals surface area contributed by atoms with Gasteiger partial charge in [0.05, 0.1) is 36.5 Å². The van der Waals surface area contributed by atoms with Crippen molar-refractivity contribution in [2.24, 2.45) is 0 Å². The van der Waals surface area contributed by atoms with Crippen molar-refractivity contribution in [2.45, 2.75) is 62.5 Å². The van der Waals surface area contributed by atoms with Crippen molar-refractivity contribution in [3.8, 4) is 17.3 Å². The molecule has 41 heavy (non-hydrogen) atoms. The van der Waals surface area contributed by atoms with Crippen molar-refractivity contribution >= 4 is 16.9 Å². The first-order chi connectivity index (χ1) is 19.8. The van der Waals surface area contributed by atoms with Gasteiger partial charge in [0.2, 0.25) is 0 Å². The van der Waals surface area contributed by atoms with Gasteiger partial charge in [0.15, 0.2) is 0 Å². The van der Waals surface area contributed by atoms with Gasteiger partial charge in [-0.25, -0.2) is 15.0 Å². The van der Waals surface area contributed by atoms with Gasteiger partial charge in [0.1, 0.15) is 23.5 Å². The average molecular weight is 566 g/mol. The van der Waals surface area contributed by atoms with Crippen molar-refractivity contribution in [1.82, 2.24) is 34.6 Å². The van der Waals surface area contributed by atoms with E-state index in [1.54, 1.807) is 12.3 Å². The fourth-order valence-electron chi connectivity index (χ4n) is 6.12. The number of likely N-dealkylation sites (tertiary alicyclic amines) is 1. The molecule has 1 saturated heterocycles. The minimum atomic E-state index is -4.53. The summed E-state index contributed by atoms with van der Waals surface area (Å²) in [6, 6.07) is 7.27. The number of nitriles is 1. The molecule has 4 aromatic heterocycles. The second kappa shape index (κ2) is 10.8. The quantitative estimate of drug-likeness (QED) is 0.315. The van der Waals surface area contributed by atoms with Crippen molar-refractivity contribution in [2.75, 3.05) is 25.5 Å². The van der Waals surface area contributed by atoms with Crippen LogP contribution in [0.2, 0.25) is 0 Å². The molecule has 0 atom stereocenters. The topological polar surface area (TPSA) is 121 Å². The molecule has 4 aromatic rings. The Balaban J connectivity index is 1.09. The maximum absolute atomic E-state index is 13.4. The van der Waals surface area contributed by atoms with E-state index in [2.05, 4.69) is 41.3 Å². The molecule has 2 N–H and O–H groups in total. The predicted octanol–water partition coefficient (Wildman–Crippen LogP) is 4.73. The zero-order chi connectivity index (χ0) is 28.6. The molecule has 1 aliphatic carbocycles. The van der Waals surface area contributed by atoms with E-state index in [1.807, 2.05) is 23.1 Å². The van der Waals surface area contributed by atoms with E-state index in [0.717, 1.165) is 67.1 Å². The number of nitrogens with zero attached hydrogens (tertiary/aromatic N) is 7. The molecule has 10 nitrogen and oxygen atoms in total. The lowest BCUT2D eigenvalue weighted by atomic mass is 9.69. The molecule has 0 bridgehead atoms. The first kappa shape index (κ1) is 27.2. The van der Waals surface area contributed by atoms with Crippen molar-refractivity contribution in [3.63, 3.8) is 0 Å². The Morgan fingerprint density at radius 2 is 2.02 bits per heavy atom. The molecule has 13 heteroatoms. The van der Waals surface area contributed by atoms with E-state index >= 15 is 0 Å². The second-order valence-corrected chi connectivity index (χ2v) is 10.9. The number of piperidine rings is 1. The van der Waals surface area contributed by atoms with Gasteiger partial charge in [-0.1, -0.05) is 0 Å². The highest BCUT2D eigenvalue weighted by molar-refractivity contribution is 5.90. The molecule has 0 amide bonds. The molecule has 2 fully saturated rings. The van der Waals surface area contributed by atoms with Gasteiger partial charge in [0.25, 0.3) is 0 Å². The molecule has 6 rings (SSSR count). The summed E-state index contributed by atoms with van der Waals surface area (Å²) < 4.78 is 47.0. The van der Waals surface area contributed by atoms with Crippen molar-refractivity contribution < 1.29 is 17.9 Å². The number of aromatic nitrogens is 6. The van der Waals surface area contributed by atoms with Crippen LogP contribution in [0.3, 0.4) is 0 Å². The van der Waals surface area contributed by atoms with E-state index in [-0.39, 0.29) is 24.0 Å². The van der Waals surface area contributed by atoms with Crippen LogP contribution in [-0.4, -0.2) is 66.9 Å². The summed E-state index contributed by atoms with van der Waals surface area (Å²) in [6.07, 6.45) is 6.12. The maximum Gasteiger partial charge on any atom is 0.433 e. The number of hydrogen-bond acceptors (Lipinski definition) is 8. The molecule has 1 saturated carbocycles. The summed E-state index contributed by atoms with van der Waals surface area (Å²) >= 11 is 0. The van der Waals surface area contributed by atoms with Crippen LogP contribution in [-0.2, 0) is 23.1 Å². The zero-order valence-electron chi connectivity index (χ0n) is 22.5. The summed E-state index contributed by atoms with van der Waals surface area (Å²) in [4.78, 5) is 18.1. The first-order valence-corrected chi connectivity index (χ1v) is 13.6. The molecule has 214 valence electrons. The van der Waals surface area contributed by atoms with E-state index in [0.29, 0.717) is 18.0 Å². The standard InChI is InChI=1S/C28H30F3N9O/c1-41-16-18-10-23(28(29,30)31)38-24(11-18)37-20-3-8-39(9-4-20)21-12-27(13-21,5-6-32)40-15-19(14-36-40)25-22-2-7-33-26(22)35-17-34-25/h2,7,10-11,14-15,17,20-21H,3-5,8-9,12-13,16H2,1H3,(H,37,38)(H,33,34,35)/t21-,27+. The van der Waals surface area contributed by atoms with Crippen LogP contribution in [0.1, 0.15) is 43.4 Å². The zero-order valence-corrected chi connectivity index (χ0v) is 22.5. The fraction of sp³-hybridized carbons (Fsp3) is 0.464. The van der Waals surface area contributed by atoms with Gasteiger partial charge < -0.3 is 19.9 Å². The fourth-order valence-corrected chi connectivity index (χ4v) is 6.12. The normalized spacial score (nSPS) is 22.0. The summed E-state index contributed by atoms with van der Waals surface area (Å²) in [7, 11) is 1.45. The third kappa shape index (κ3) is 5.37. The Kier molecular flexibility index (Phi) is 7.13. The number of pyridine rings is 1. The molecule has 5 heterocycles. The number of halogens is 3. The number of fused-ring (bicyclic) bond motifs is 1. The van der Waals surface area contributed by atoms with E-state index in [1.165, 1.54) is 13.4 Å². The Morgan fingerprint density at radius 1 is 1.22 bits per heavy atom. The van der Waals surface area contributed by atoms with E-state index < -0.39 is 11.9 Å². The molecule has 1 aliphatic heterocycles. The van der Waals surface area contributed by atoms with Gasteiger partial charge in [-0.05, 0) is 49.4 Å². The first-order valence-electron chi connectivity index (χ1n) is 13.6. The summed E-state index contributed by atoms with van der Waals surface area (Å²) in [5.74, 6) is 0.220. The molecule has 0 aromatic carbocycles. The highest BCUT2D eigenvalue weighted by Gasteiger charge is 2.49. The molecular formula is C28H30F3N9O. The summed E-state index contributed by atoms with van der Waals surface area (Å²) in [6.45, 7) is 1.70. The number of alkyl halides is 3. The number of hydrogen-bond donors (Lipinski definition) is 2. The lowest BCUT2D eigenvalue weighted by molar-refractivity contribution is -0.141. The highest BCUT2D eigenvalue weighted by atomic mass is 19.4. The van der Waals surface area contributed by atoms with Gasteiger partial charge >= 0.3 is 6.18 Å². The number of anilines is 1. The van der Waals surface area contributed by atoms with Crippen molar-refractivity contribution in [3.05, 3.63) is 54.4 Å². The van der Waals surface area contributed by atoms with Gasteiger partial charge in [-0.15, -0.1) is 0 Å². The SMILES string of the molecule is COCc1cc(NC2CCN([C@H]3C[C@@](CC#N)(n4cc(-c5ncnc6[nH]ccc56)cn4)C3)CC2)nc(C(F)(F)F)c1. The molecular weight excluding hydrogens is 535 g/mol. The molecule has 0 radical (unpaired) electrons. The Morgan fingerprint density at radius 3 is 2.76 bits per heavy atom. The summed E-state index contributed by atoms with van der Waals surface area (Å²) in [5.41, 5.74) is 1.56. The largest absolute Gasteiger partial charge is 0.433 e. The van der Waals surface area contributed by atoms with Crippen LogP contribution in [0.15, 0.2) is 43.1 Å². The smallest absolute Gasteiger partial charge is 0.380 e. The van der Waals surface area contributed by atoms with Gasteiger partial charge in [-0.3, -0.25) is 4.68 Å². The van der Waals surface area contributed by atoms with E-state index in [4.69, 9.17) is 4.74 Å². The molecule has 2 aliphatic rings. The minimum absolute atomic E-state index is 0.0216. The van der Waals surface area contributed by atoms with E-state index in [9.17, 15) is 18.4 Å². The van der Waals surface area contributed by atoms with Crippen LogP contribution < -0.4 is 5.32 Å². The van der Waals surface area contributed by atoms with Crippen LogP contribution in [0.5, 0.6) is 0 Å². The second-order valence-electron chi connectivity index (χ2n) is 10.9.